The third-order valence-corrected chi connectivity index (χ3v) is 2.46. The van der Waals surface area contributed by atoms with Gasteiger partial charge in [0.1, 0.15) is 11.6 Å². The number of rotatable bonds is 2. The molecule has 2 rings (SSSR count). The van der Waals surface area contributed by atoms with Crippen molar-refractivity contribution in [3.8, 4) is 0 Å². The van der Waals surface area contributed by atoms with Crippen molar-refractivity contribution in [1.29, 1.82) is 0 Å². The summed E-state index contributed by atoms with van der Waals surface area (Å²) in [6.07, 6.45) is 0. The molecule has 2 radical (unpaired) electrons. The maximum absolute atomic E-state index is 12.7. The van der Waals surface area contributed by atoms with Crippen LogP contribution in [0.4, 0.5) is 8.78 Å². The highest BCUT2D eigenvalue weighted by Crippen LogP contribution is 2.21. The predicted octanol–water partition coefficient (Wildman–Crippen LogP) is 3.22. The van der Waals surface area contributed by atoms with E-state index in [-0.39, 0.29) is 17.5 Å². The van der Waals surface area contributed by atoms with E-state index in [1.165, 1.54) is 24.3 Å². The second-order valence-electron chi connectivity index (χ2n) is 3.58. The summed E-state index contributed by atoms with van der Waals surface area (Å²) >= 11 is 0. The topological polar surface area (TPSA) is 0 Å². The van der Waals surface area contributed by atoms with Gasteiger partial charge in [-0.2, -0.15) is 0 Å². The summed E-state index contributed by atoms with van der Waals surface area (Å²) in [6.45, 7) is 0. The molecule has 0 saturated heterocycles. The molecule has 78 valence electrons. The summed E-state index contributed by atoms with van der Waals surface area (Å²) in [6, 6.07) is 12.0. The fourth-order valence-electron chi connectivity index (χ4n) is 1.53. The lowest BCUT2D eigenvalue weighted by Gasteiger charge is -2.12. The minimum Gasteiger partial charge on any atom is -0.207 e. The van der Waals surface area contributed by atoms with E-state index in [4.69, 9.17) is 7.85 Å². The molecule has 0 amide bonds. The van der Waals surface area contributed by atoms with Crippen molar-refractivity contribution < 1.29 is 8.78 Å². The average molecular weight is 214 g/mol. The van der Waals surface area contributed by atoms with E-state index in [2.05, 4.69) is 0 Å². The van der Waals surface area contributed by atoms with Crippen molar-refractivity contribution in [3.05, 3.63) is 71.3 Å². The molecule has 16 heavy (non-hydrogen) atoms. The Hall–Kier alpha value is -1.64. The van der Waals surface area contributed by atoms with Crippen LogP contribution in [0.2, 0.25) is 0 Å². The molecular weight excluding hydrogens is 205 g/mol. The number of hydrogen-bond donors (Lipinski definition) is 0. The number of hydrogen-bond acceptors (Lipinski definition) is 0. The third kappa shape index (κ3) is 2.30. The van der Waals surface area contributed by atoms with Gasteiger partial charge in [0.15, 0.2) is 0 Å². The zero-order chi connectivity index (χ0) is 11.5. The predicted molar refractivity (Wildman–Crippen MR) is 60.4 cm³/mol. The molecule has 0 heterocycles. The smallest absolute Gasteiger partial charge is 0.123 e. The summed E-state index contributed by atoms with van der Waals surface area (Å²) in [5.41, 5.74) is 1.60. The molecule has 0 aliphatic carbocycles. The first-order chi connectivity index (χ1) is 7.66. The normalized spacial score (nSPS) is 10.7. The van der Waals surface area contributed by atoms with E-state index >= 15 is 0 Å². The van der Waals surface area contributed by atoms with Crippen LogP contribution in [0.3, 0.4) is 0 Å². The van der Waals surface area contributed by atoms with Crippen molar-refractivity contribution in [2.45, 2.75) is 5.82 Å². The van der Waals surface area contributed by atoms with Crippen LogP contribution in [0.25, 0.3) is 0 Å². The lowest BCUT2D eigenvalue weighted by Crippen LogP contribution is -2.00. The van der Waals surface area contributed by atoms with Crippen LogP contribution in [0.5, 0.6) is 0 Å². The molecule has 3 heteroatoms. The van der Waals surface area contributed by atoms with Crippen LogP contribution in [-0.2, 0) is 0 Å². The maximum atomic E-state index is 12.7. The SMILES string of the molecule is [B]C(c1ccc(F)cc1)c1ccc(F)cc1. The minimum atomic E-state index is -0.360. The molecular formula is C13H9BF2. The molecule has 0 bridgehead atoms. The van der Waals surface area contributed by atoms with Gasteiger partial charge in [-0.15, -0.1) is 0 Å². The molecule has 0 spiro atoms. The first kappa shape index (κ1) is 10.9. The second kappa shape index (κ2) is 4.48. The molecule has 0 atom stereocenters. The van der Waals surface area contributed by atoms with Crippen LogP contribution in [-0.4, -0.2) is 7.85 Å². The minimum absolute atomic E-state index is 0.296. The van der Waals surface area contributed by atoms with Gasteiger partial charge in [-0.25, -0.2) is 8.78 Å². The summed E-state index contributed by atoms with van der Waals surface area (Å²) < 4.78 is 25.4. The fourth-order valence-corrected chi connectivity index (χ4v) is 1.53. The Labute approximate surface area is 94.3 Å². The Morgan fingerprint density at radius 2 is 1.00 bits per heavy atom. The van der Waals surface area contributed by atoms with Gasteiger partial charge >= 0.3 is 0 Å². The van der Waals surface area contributed by atoms with E-state index in [0.717, 1.165) is 11.1 Å². The number of halogens is 2. The van der Waals surface area contributed by atoms with Gasteiger partial charge in [0.05, 0.1) is 7.85 Å². The molecule has 0 aliphatic heterocycles. The van der Waals surface area contributed by atoms with Gasteiger partial charge in [-0.3, -0.25) is 0 Å². The van der Waals surface area contributed by atoms with E-state index in [1.54, 1.807) is 24.3 Å². The monoisotopic (exact) mass is 214 g/mol. The molecule has 0 saturated carbocycles. The quantitative estimate of drug-likeness (QED) is 0.673. The Bertz CT molecular complexity index is 417. The van der Waals surface area contributed by atoms with E-state index in [0.29, 0.717) is 0 Å². The largest absolute Gasteiger partial charge is 0.207 e. The van der Waals surface area contributed by atoms with E-state index < -0.39 is 0 Å². The summed E-state index contributed by atoms with van der Waals surface area (Å²) in [5, 5.41) is 0. The van der Waals surface area contributed by atoms with Crippen molar-refractivity contribution in [3.63, 3.8) is 0 Å². The van der Waals surface area contributed by atoms with Crippen molar-refractivity contribution in [2.24, 2.45) is 0 Å². The van der Waals surface area contributed by atoms with E-state index in [9.17, 15) is 8.78 Å². The van der Waals surface area contributed by atoms with Crippen LogP contribution >= 0.6 is 0 Å². The Balaban J connectivity index is 2.28. The molecule has 0 nitrogen and oxygen atoms in total. The zero-order valence-corrected chi connectivity index (χ0v) is 8.53. The first-order valence-electron chi connectivity index (χ1n) is 4.93. The second-order valence-corrected chi connectivity index (χ2v) is 3.58. The standard InChI is InChI=1S/C13H9BF2/c14-13(9-1-5-11(15)6-2-9)10-3-7-12(16)8-4-10/h1-8,13H. The summed E-state index contributed by atoms with van der Waals surface area (Å²) in [4.78, 5) is 0. The van der Waals surface area contributed by atoms with Gasteiger partial charge in [0.2, 0.25) is 0 Å². The Kier molecular flexibility index (Phi) is 3.04. The highest BCUT2D eigenvalue weighted by atomic mass is 19.1. The van der Waals surface area contributed by atoms with Crippen molar-refractivity contribution in [2.75, 3.05) is 0 Å². The highest BCUT2D eigenvalue weighted by molar-refractivity contribution is 6.14. The molecule has 0 N–H and O–H groups in total. The fraction of sp³-hybridized carbons (Fsp3) is 0.0769. The zero-order valence-electron chi connectivity index (χ0n) is 8.53. The Morgan fingerprint density at radius 3 is 1.31 bits per heavy atom. The molecule has 0 unspecified atom stereocenters. The third-order valence-electron chi connectivity index (χ3n) is 2.46. The van der Waals surface area contributed by atoms with Crippen molar-refractivity contribution in [1.82, 2.24) is 0 Å². The molecule has 2 aromatic carbocycles. The maximum Gasteiger partial charge on any atom is 0.123 e. The lowest BCUT2D eigenvalue weighted by atomic mass is 9.76. The highest BCUT2D eigenvalue weighted by Gasteiger charge is 2.07. The van der Waals surface area contributed by atoms with Gasteiger partial charge < -0.3 is 0 Å². The van der Waals surface area contributed by atoms with Crippen LogP contribution in [0.15, 0.2) is 48.5 Å². The Morgan fingerprint density at radius 1 is 0.688 bits per heavy atom. The molecule has 0 fully saturated rings. The lowest BCUT2D eigenvalue weighted by molar-refractivity contribution is 0.626. The molecule has 2 aromatic rings. The van der Waals surface area contributed by atoms with Gasteiger partial charge in [0.25, 0.3) is 0 Å². The van der Waals surface area contributed by atoms with Gasteiger partial charge in [-0.05, 0) is 41.2 Å². The summed E-state index contributed by atoms with van der Waals surface area (Å²) in [5.74, 6) is -0.952. The summed E-state index contributed by atoms with van der Waals surface area (Å²) in [7, 11) is 5.97. The van der Waals surface area contributed by atoms with Crippen LogP contribution < -0.4 is 0 Å². The first-order valence-corrected chi connectivity index (χ1v) is 4.93. The molecule has 0 aromatic heterocycles. The van der Waals surface area contributed by atoms with Crippen molar-refractivity contribution >= 4 is 7.85 Å². The van der Waals surface area contributed by atoms with E-state index in [1.807, 2.05) is 0 Å². The van der Waals surface area contributed by atoms with Crippen LogP contribution in [0.1, 0.15) is 16.9 Å². The van der Waals surface area contributed by atoms with Gasteiger partial charge in [0, 0.05) is 0 Å². The average Bonchev–Trinajstić information content (AvgIpc) is 2.30. The number of benzene rings is 2. The molecule has 0 aliphatic rings. The van der Waals surface area contributed by atoms with Crippen LogP contribution in [0, 0.1) is 11.6 Å². The van der Waals surface area contributed by atoms with Gasteiger partial charge in [-0.1, -0.05) is 24.3 Å².